The molecule has 0 unspecified atom stereocenters. The molecule has 142 valence electrons. The van der Waals surface area contributed by atoms with Crippen LogP contribution in [0.3, 0.4) is 0 Å². The molecule has 2 nitrogen and oxygen atoms in total. The van der Waals surface area contributed by atoms with Crippen LogP contribution in [0.25, 0.3) is 0 Å². The third-order valence-electron chi connectivity index (χ3n) is 7.00. The number of rotatable bonds is 10. The summed E-state index contributed by atoms with van der Waals surface area (Å²) in [5.74, 6) is 4.07. The summed E-state index contributed by atoms with van der Waals surface area (Å²) in [6.45, 7) is 2.32. The summed E-state index contributed by atoms with van der Waals surface area (Å²) in [5.41, 5.74) is 0. The standard InChI is InChI=1S/C22H42O2/c1-4-5-6-7-18-8-13-20(14-9-18)21-15-10-19(11-16-21)12-17-22(23-2)24-3/h18-22H,4-17H2,1-3H3. The Kier molecular flexibility index (Phi) is 9.71. The van der Waals surface area contributed by atoms with Crippen LogP contribution in [0, 0.1) is 23.7 Å². The minimum absolute atomic E-state index is 0.00529. The predicted octanol–water partition coefficient (Wildman–Crippen LogP) is 6.58. The summed E-state index contributed by atoms with van der Waals surface area (Å²) < 4.78 is 10.7. The van der Waals surface area contributed by atoms with Gasteiger partial charge >= 0.3 is 0 Å². The van der Waals surface area contributed by atoms with E-state index in [-0.39, 0.29) is 6.29 Å². The van der Waals surface area contributed by atoms with Gasteiger partial charge in [-0.1, -0.05) is 58.3 Å². The Hall–Kier alpha value is -0.0800. The van der Waals surface area contributed by atoms with E-state index < -0.39 is 0 Å². The molecule has 2 fully saturated rings. The lowest BCUT2D eigenvalue weighted by atomic mass is 9.68. The second kappa shape index (κ2) is 11.5. The van der Waals surface area contributed by atoms with Crippen molar-refractivity contribution in [3.05, 3.63) is 0 Å². The van der Waals surface area contributed by atoms with Gasteiger partial charge in [0.15, 0.2) is 6.29 Å². The molecule has 0 saturated heterocycles. The van der Waals surface area contributed by atoms with Crippen LogP contribution < -0.4 is 0 Å². The van der Waals surface area contributed by atoms with E-state index in [2.05, 4.69) is 6.92 Å². The van der Waals surface area contributed by atoms with Crippen molar-refractivity contribution in [3.63, 3.8) is 0 Å². The first-order chi connectivity index (χ1) is 11.8. The lowest BCUT2D eigenvalue weighted by Crippen LogP contribution is -2.26. The molecule has 0 radical (unpaired) electrons. The Balaban J connectivity index is 1.59. The molecule has 0 amide bonds. The Morgan fingerprint density at radius 3 is 1.67 bits per heavy atom. The van der Waals surface area contributed by atoms with Crippen molar-refractivity contribution < 1.29 is 9.47 Å². The number of ether oxygens (including phenoxy) is 2. The molecule has 0 aromatic carbocycles. The molecule has 0 heterocycles. The molecule has 2 aliphatic rings. The summed E-state index contributed by atoms with van der Waals surface area (Å²) in [6, 6.07) is 0. The van der Waals surface area contributed by atoms with Gasteiger partial charge in [0.25, 0.3) is 0 Å². The van der Waals surface area contributed by atoms with Crippen LogP contribution in [-0.4, -0.2) is 20.5 Å². The molecule has 0 N–H and O–H groups in total. The maximum absolute atomic E-state index is 5.33. The SMILES string of the molecule is CCCCCC1CCC(C2CCC(CCC(OC)OC)CC2)CC1. The van der Waals surface area contributed by atoms with Gasteiger partial charge < -0.3 is 9.47 Å². The molecule has 2 saturated carbocycles. The van der Waals surface area contributed by atoms with Gasteiger partial charge in [0.05, 0.1) is 0 Å². The summed E-state index contributed by atoms with van der Waals surface area (Å²) in [7, 11) is 3.51. The van der Waals surface area contributed by atoms with E-state index in [1.807, 2.05) is 0 Å². The first kappa shape index (κ1) is 20.2. The first-order valence-corrected chi connectivity index (χ1v) is 10.8. The van der Waals surface area contributed by atoms with Gasteiger partial charge in [-0.05, 0) is 62.2 Å². The molecular weight excluding hydrogens is 296 g/mol. The Morgan fingerprint density at radius 2 is 1.21 bits per heavy atom. The van der Waals surface area contributed by atoms with Gasteiger partial charge in [-0.2, -0.15) is 0 Å². The zero-order chi connectivity index (χ0) is 17.2. The number of hydrogen-bond donors (Lipinski definition) is 0. The monoisotopic (exact) mass is 338 g/mol. The molecule has 0 bridgehead atoms. The fraction of sp³-hybridized carbons (Fsp3) is 1.00. The first-order valence-electron chi connectivity index (χ1n) is 10.8. The second-order valence-corrected chi connectivity index (χ2v) is 8.54. The average molecular weight is 339 g/mol. The molecule has 0 atom stereocenters. The van der Waals surface area contributed by atoms with Gasteiger partial charge in [0, 0.05) is 14.2 Å². The van der Waals surface area contributed by atoms with Crippen LogP contribution in [0.15, 0.2) is 0 Å². The zero-order valence-corrected chi connectivity index (χ0v) is 16.6. The molecule has 24 heavy (non-hydrogen) atoms. The molecule has 0 aromatic heterocycles. The largest absolute Gasteiger partial charge is 0.356 e. The topological polar surface area (TPSA) is 18.5 Å². The zero-order valence-electron chi connectivity index (χ0n) is 16.6. The third-order valence-corrected chi connectivity index (χ3v) is 7.00. The highest BCUT2D eigenvalue weighted by Crippen LogP contribution is 2.43. The minimum Gasteiger partial charge on any atom is -0.356 e. The van der Waals surface area contributed by atoms with E-state index in [0.29, 0.717) is 0 Å². The molecule has 2 rings (SSSR count). The van der Waals surface area contributed by atoms with Crippen LogP contribution in [0.1, 0.15) is 96.8 Å². The van der Waals surface area contributed by atoms with Gasteiger partial charge in [-0.25, -0.2) is 0 Å². The quantitative estimate of drug-likeness (QED) is 0.331. The van der Waals surface area contributed by atoms with E-state index in [9.17, 15) is 0 Å². The number of unbranched alkanes of at least 4 members (excludes halogenated alkanes) is 2. The van der Waals surface area contributed by atoms with Crippen molar-refractivity contribution in [2.75, 3.05) is 14.2 Å². The van der Waals surface area contributed by atoms with E-state index in [1.54, 1.807) is 14.2 Å². The van der Waals surface area contributed by atoms with Gasteiger partial charge in [0.1, 0.15) is 0 Å². The Morgan fingerprint density at radius 1 is 0.708 bits per heavy atom. The average Bonchev–Trinajstić information content (AvgIpc) is 2.64. The summed E-state index contributed by atoms with van der Waals surface area (Å²) in [5, 5.41) is 0. The van der Waals surface area contributed by atoms with E-state index in [0.717, 1.165) is 30.1 Å². The maximum atomic E-state index is 5.33. The van der Waals surface area contributed by atoms with Crippen LogP contribution in [0.5, 0.6) is 0 Å². The van der Waals surface area contributed by atoms with Crippen molar-refractivity contribution in [2.24, 2.45) is 23.7 Å². The van der Waals surface area contributed by atoms with Crippen molar-refractivity contribution in [2.45, 2.75) is 103 Å². The molecule has 2 aliphatic carbocycles. The van der Waals surface area contributed by atoms with Crippen LogP contribution >= 0.6 is 0 Å². The lowest BCUT2D eigenvalue weighted by molar-refractivity contribution is -0.109. The number of methoxy groups -OCH3 is 2. The summed E-state index contributed by atoms with van der Waals surface area (Å²) >= 11 is 0. The van der Waals surface area contributed by atoms with E-state index >= 15 is 0 Å². The van der Waals surface area contributed by atoms with Crippen molar-refractivity contribution >= 4 is 0 Å². The van der Waals surface area contributed by atoms with Crippen LogP contribution in [0.2, 0.25) is 0 Å². The lowest BCUT2D eigenvalue weighted by Gasteiger charge is -2.38. The fourth-order valence-corrected chi connectivity index (χ4v) is 5.28. The van der Waals surface area contributed by atoms with Crippen molar-refractivity contribution in [1.29, 1.82) is 0 Å². The third kappa shape index (κ3) is 6.67. The normalized spacial score (nSPS) is 31.5. The molecule has 0 spiro atoms. The molecular formula is C22H42O2. The van der Waals surface area contributed by atoms with Gasteiger partial charge in [-0.15, -0.1) is 0 Å². The minimum atomic E-state index is 0.00529. The fourth-order valence-electron chi connectivity index (χ4n) is 5.28. The molecule has 0 aromatic rings. The Bertz CT molecular complexity index is 297. The Labute approximate surface area is 151 Å². The predicted molar refractivity (Wildman–Crippen MR) is 102 cm³/mol. The van der Waals surface area contributed by atoms with Crippen molar-refractivity contribution in [1.82, 2.24) is 0 Å². The van der Waals surface area contributed by atoms with Gasteiger partial charge in [0.2, 0.25) is 0 Å². The smallest absolute Gasteiger partial charge is 0.156 e. The van der Waals surface area contributed by atoms with E-state index in [4.69, 9.17) is 9.47 Å². The summed E-state index contributed by atoms with van der Waals surface area (Å²) in [6.07, 6.45) is 20.1. The van der Waals surface area contributed by atoms with Crippen LogP contribution in [0.4, 0.5) is 0 Å². The maximum Gasteiger partial charge on any atom is 0.156 e. The number of hydrogen-bond acceptors (Lipinski definition) is 2. The van der Waals surface area contributed by atoms with Crippen molar-refractivity contribution in [3.8, 4) is 0 Å². The van der Waals surface area contributed by atoms with Crippen LogP contribution in [-0.2, 0) is 9.47 Å². The highest BCUT2D eigenvalue weighted by molar-refractivity contribution is 4.82. The second-order valence-electron chi connectivity index (χ2n) is 8.54. The highest BCUT2D eigenvalue weighted by Gasteiger charge is 2.30. The van der Waals surface area contributed by atoms with E-state index in [1.165, 1.54) is 83.5 Å². The molecule has 2 heteroatoms. The van der Waals surface area contributed by atoms with Gasteiger partial charge in [-0.3, -0.25) is 0 Å². The molecule has 0 aliphatic heterocycles. The summed E-state index contributed by atoms with van der Waals surface area (Å²) in [4.78, 5) is 0. The highest BCUT2D eigenvalue weighted by atomic mass is 16.7.